The van der Waals surface area contributed by atoms with Gasteiger partial charge in [0.25, 0.3) is 0 Å². The van der Waals surface area contributed by atoms with Crippen molar-refractivity contribution in [3.63, 3.8) is 0 Å². The van der Waals surface area contributed by atoms with Crippen LogP contribution in [-0.2, 0) is 29.0 Å². The van der Waals surface area contributed by atoms with Crippen LogP contribution in [0.15, 0.2) is 48.5 Å². The largest absolute Gasteiger partial charge is 0.350 e. The topological polar surface area (TPSA) is 49.4 Å². The Hall–Kier alpha value is -2.33. The van der Waals surface area contributed by atoms with Crippen LogP contribution >= 0.6 is 11.6 Å². The molecule has 0 saturated carbocycles. The lowest BCUT2D eigenvalue weighted by molar-refractivity contribution is -0.141. The molecule has 2 amide bonds. The van der Waals surface area contributed by atoms with Gasteiger partial charge in [-0.1, -0.05) is 54.9 Å². The van der Waals surface area contributed by atoms with Gasteiger partial charge in [0, 0.05) is 23.5 Å². The molecule has 2 aromatic rings. The van der Waals surface area contributed by atoms with Gasteiger partial charge in [0.1, 0.15) is 6.04 Å². The minimum atomic E-state index is -0.574. The zero-order valence-electron chi connectivity index (χ0n) is 18.7. The molecular weight excluding hydrogens is 396 g/mol. The normalized spacial score (nSPS) is 12.3. The highest BCUT2D eigenvalue weighted by Gasteiger charge is 2.28. The SMILES string of the molecule is CCc1ccc(CCC(=O)N(Cc2ccc(Cl)cc2)[C@H](C)C(=O)NC(C)(C)C)cc1. The van der Waals surface area contributed by atoms with Gasteiger partial charge in [-0.3, -0.25) is 9.59 Å². The van der Waals surface area contributed by atoms with Gasteiger partial charge in [0.2, 0.25) is 11.8 Å². The monoisotopic (exact) mass is 428 g/mol. The minimum Gasteiger partial charge on any atom is -0.350 e. The van der Waals surface area contributed by atoms with E-state index in [1.807, 2.05) is 32.9 Å². The predicted molar refractivity (Wildman–Crippen MR) is 124 cm³/mol. The van der Waals surface area contributed by atoms with Crippen molar-refractivity contribution in [3.8, 4) is 0 Å². The Morgan fingerprint density at radius 2 is 1.50 bits per heavy atom. The number of hydrogen-bond acceptors (Lipinski definition) is 2. The van der Waals surface area contributed by atoms with Crippen LogP contribution < -0.4 is 5.32 Å². The number of benzene rings is 2. The van der Waals surface area contributed by atoms with E-state index < -0.39 is 6.04 Å². The van der Waals surface area contributed by atoms with Gasteiger partial charge in [0.15, 0.2) is 0 Å². The second-order valence-electron chi connectivity index (χ2n) is 8.73. The van der Waals surface area contributed by atoms with Crippen molar-refractivity contribution < 1.29 is 9.59 Å². The average molecular weight is 429 g/mol. The quantitative estimate of drug-likeness (QED) is 0.630. The Bertz CT molecular complexity index is 839. The van der Waals surface area contributed by atoms with E-state index in [4.69, 9.17) is 11.6 Å². The number of carbonyl (C=O) groups is 2. The van der Waals surface area contributed by atoms with Gasteiger partial charge in [-0.2, -0.15) is 0 Å². The molecule has 2 aromatic carbocycles. The maximum absolute atomic E-state index is 13.1. The van der Waals surface area contributed by atoms with Crippen molar-refractivity contribution in [2.75, 3.05) is 0 Å². The van der Waals surface area contributed by atoms with E-state index in [1.165, 1.54) is 5.56 Å². The first-order valence-corrected chi connectivity index (χ1v) is 10.9. The van der Waals surface area contributed by atoms with E-state index in [0.29, 0.717) is 24.4 Å². The summed E-state index contributed by atoms with van der Waals surface area (Å²) in [7, 11) is 0. The fourth-order valence-electron chi connectivity index (χ4n) is 3.18. The number of halogens is 1. The number of carbonyl (C=O) groups excluding carboxylic acids is 2. The molecule has 0 aromatic heterocycles. The van der Waals surface area contributed by atoms with Crippen molar-refractivity contribution in [1.29, 1.82) is 0 Å². The van der Waals surface area contributed by atoms with Gasteiger partial charge in [0.05, 0.1) is 0 Å². The van der Waals surface area contributed by atoms with Crippen molar-refractivity contribution >= 4 is 23.4 Å². The number of nitrogens with one attached hydrogen (secondary N) is 1. The van der Waals surface area contributed by atoms with E-state index in [-0.39, 0.29) is 17.4 Å². The minimum absolute atomic E-state index is 0.0407. The van der Waals surface area contributed by atoms with Crippen LogP contribution in [0, 0.1) is 0 Å². The highest BCUT2D eigenvalue weighted by atomic mass is 35.5. The van der Waals surface area contributed by atoms with Gasteiger partial charge in [-0.15, -0.1) is 0 Å². The lowest BCUT2D eigenvalue weighted by Gasteiger charge is -2.31. The first-order chi connectivity index (χ1) is 14.1. The fourth-order valence-corrected chi connectivity index (χ4v) is 3.31. The standard InChI is InChI=1S/C25H33ClN2O2/c1-6-19-7-9-20(10-8-19)13-16-23(29)28(17-21-11-14-22(26)15-12-21)18(2)24(30)27-25(3,4)5/h7-12,14-15,18H,6,13,16-17H2,1-5H3,(H,27,30)/t18-/m1/s1. The second kappa shape index (κ2) is 10.6. The Morgan fingerprint density at radius 1 is 0.967 bits per heavy atom. The van der Waals surface area contributed by atoms with Crippen LogP contribution in [0.25, 0.3) is 0 Å². The summed E-state index contributed by atoms with van der Waals surface area (Å²) in [5.41, 5.74) is 2.98. The molecule has 0 unspecified atom stereocenters. The molecule has 1 atom stereocenters. The summed E-state index contributed by atoms with van der Waals surface area (Å²) in [6.45, 7) is 10.1. The molecule has 5 heteroatoms. The molecule has 0 aliphatic heterocycles. The first kappa shape index (κ1) is 23.9. The zero-order chi connectivity index (χ0) is 22.3. The van der Waals surface area contributed by atoms with Gasteiger partial charge in [-0.25, -0.2) is 0 Å². The van der Waals surface area contributed by atoms with Crippen LogP contribution in [0.5, 0.6) is 0 Å². The highest BCUT2D eigenvalue weighted by Crippen LogP contribution is 2.16. The number of rotatable bonds is 8. The predicted octanol–water partition coefficient (Wildman–Crippen LogP) is 5.17. The molecule has 2 rings (SSSR count). The number of hydrogen-bond donors (Lipinski definition) is 1. The Morgan fingerprint density at radius 3 is 2.03 bits per heavy atom. The van der Waals surface area contributed by atoms with Crippen LogP contribution in [0.2, 0.25) is 5.02 Å². The van der Waals surface area contributed by atoms with E-state index in [9.17, 15) is 9.59 Å². The maximum atomic E-state index is 13.1. The first-order valence-electron chi connectivity index (χ1n) is 10.5. The van der Waals surface area contributed by atoms with Crippen LogP contribution in [0.3, 0.4) is 0 Å². The van der Waals surface area contributed by atoms with Crippen molar-refractivity contribution in [2.45, 2.75) is 72.0 Å². The molecule has 30 heavy (non-hydrogen) atoms. The Labute approximate surface area is 185 Å². The zero-order valence-corrected chi connectivity index (χ0v) is 19.4. The molecule has 0 spiro atoms. The molecule has 0 fully saturated rings. The summed E-state index contributed by atoms with van der Waals surface area (Å²) in [6, 6.07) is 15.2. The third-order valence-corrected chi connectivity index (χ3v) is 5.24. The summed E-state index contributed by atoms with van der Waals surface area (Å²) in [4.78, 5) is 27.6. The third-order valence-electron chi connectivity index (χ3n) is 4.99. The molecule has 0 heterocycles. The third kappa shape index (κ3) is 7.49. The molecule has 0 aliphatic rings. The van der Waals surface area contributed by atoms with Gasteiger partial charge < -0.3 is 10.2 Å². The summed E-state index contributed by atoms with van der Waals surface area (Å²) in [5.74, 6) is -0.196. The summed E-state index contributed by atoms with van der Waals surface area (Å²) < 4.78 is 0. The summed E-state index contributed by atoms with van der Waals surface area (Å²) in [5, 5.41) is 3.63. The second-order valence-corrected chi connectivity index (χ2v) is 9.17. The Kier molecular flexibility index (Phi) is 8.48. The Balaban J connectivity index is 2.14. The summed E-state index contributed by atoms with van der Waals surface area (Å²) >= 11 is 5.99. The van der Waals surface area contributed by atoms with Gasteiger partial charge >= 0.3 is 0 Å². The summed E-state index contributed by atoms with van der Waals surface area (Å²) in [6.07, 6.45) is 1.99. The number of aryl methyl sites for hydroxylation is 2. The van der Waals surface area contributed by atoms with Crippen molar-refractivity contribution in [1.82, 2.24) is 10.2 Å². The van der Waals surface area contributed by atoms with Crippen LogP contribution in [0.4, 0.5) is 0 Å². The highest BCUT2D eigenvalue weighted by molar-refractivity contribution is 6.30. The molecule has 0 bridgehead atoms. The van der Waals surface area contributed by atoms with E-state index in [2.05, 4.69) is 36.5 Å². The van der Waals surface area contributed by atoms with E-state index in [0.717, 1.165) is 17.5 Å². The van der Waals surface area contributed by atoms with Crippen molar-refractivity contribution in [2.24, 2.45) is 0 Å². The molecule has 0 aliphatic carbocycles. The van der Waals surface area contributed by atoms with Crippen LogP contribution in [-0.4, -0.2) is 28.3 Å². The molecular formula is C25H33ClN2O2. The number of nitrogens with zero attached hydrogens (tertiary/aromatic N) is 1. The average Bonchev–Trinajstić information content (AvgIpc) is 2.70. The number of amides is 2. The molecule has 0 radical (unpaired) electrons. The van der Waals surface area contributed by atoms with E-state index >= 15 is 0 Å². The van der Waals surface area contributed by atoms with Crippen molar-refractivity contribution in [3.05, 3.63) is 70.2 Å². The lowest BCUT2D eigenvalue weighted by atomic mass is 10.0. The molecule has 162 valence electrons. The fraction of sp³-hybridized carbons (Fsp3) is 0.440. The maximum Gasteiger partial charge on any atom is 0.242 e. The molecule has 1 N–H and O–H groups in total. The van der Waals surface area contributed by atoms with E-state index in [1.54, 1.807) is 24.0 Å². The smallest absolute Gasteiger partial charge is 0.242 e. The molecule has 4 nitrogen and oxygen atoms in total. The molecule has 0 saturated heterocycles. The lowest BCUT2D eigenvalue weighted by Crippen LogP contribution is -2.52. The van der Waals surface area contributed by atoms with Gasteiger partial charge in [-0.05, 0) is 69.4 Å². The van der Waals surface area contributed by atoms with Crippen LogP contribution in [0.1, 0.15) is 57.7 Å².